The summed E-state index contributed by atoms with van der Waals surface area (Å²) in [6.07, 6.45) is 0. The van der Waals surface area contributed by atoms with Crippen LogP contribution in [0.2, 0.25) is 0 Å². The molecule has 1 aromatic heterocycles. The Labute approximate surface area is 179 Å². The van der Waals surface area contributed by atoms with Crippen molar-refractivity contribution < 1.29 is 22.4 Å². The molecule has 0 aliphatic rings. The van der Waals surface area contributed by atoms with Gasteiger partial charge in [-0.15, -0.1) is 0 Å². The molecule has 3 rings (SSSR count). The Kier molecular flexibility index (Phi) is 6.63. The number of thioether (sulfide) groups is 1. The lowest BCUT2D eigenvalue weighted by Gasteiger charge is -2.09. The summed E-state index contributed by atoms with van der Waals surface area (Å²) in [6.45, 7) is 0. The van der Waals surface area contributed by atoms with Crippen molar-refractivity contribution in [3.63, 3.8) is 0 Å². The smallest absolute Gasteiger partial charge is 0.291 e. The van der Waals surface area contributed by atoms with Crippen molar-refractivity contribution in [3.05, 3.63) is 78.3 Å². The van der Waals surface area contributed by atoms with Crippen LogP contribution < -0.4 is 5.32 Å². The van der Waals surface area contributed by atoms with E-state index in [1.807, 2.05) is 0 Å². The fourth-order valence-electron chi connectivity index (χ4n) is 2.47. The van der Waals surface area contributed by atoms with Gasteiger partial charge in [0.25, 0.3) is 11.1 Å². The molecule has 0 atom stereocenters. The maximum Gasteiger partial charge on any atom is 0.291 e. The first-order valence-corrected chi connectivity index (χ1v) is 11.4. The predicted molar refractivity (Wildman–Crippen MR) is 115 cm³/mol. The number of amides is 2. The Morgan fingerprint density at radius 1 is 0.967 bits per heavy atom. The summed E-state index contributed by atoms with van der Waals surface area (Å²) in [5.74, 6) is -0.647. The van der Waals surface area contributed by atoms with Crippen LogP contribution in [0.4, 0.5) is 10.5 Å². The number of furan rings is 1. The van der Waals surface area contributed by atoms with E-state index < -0.39 is 15.7 Å². The molecule has 0 spiro atoms. The van der Waals surface area contributed by atoms with Crippen molar-refractivity contribution in [2.75, 3.05) is 19.4 Å². The summed E-state index contributed by atoms with van der Waals surface area (Å²) in [4.78, 5) is 26.5. The highest BCUT2D eigenvalue weighted by Crippen LogP contribution is 2.23. The molecule has 7 nitrogen and oxygen atoms in total. The average molecular weight is 445 g/mol. The molecule has 0 unspecified atom stereocenters. The second-order valence-electron chi connectivity index (χ2n) is 6.58. The quantitative estimate of drug-likeness (QED) is 0.570. The largest absolute Gasteiger partial charge is 0.455 e. The van der Waals surface area contributed by atoms with E-state index in [1.165, 1.54) is 29.2 Å². The standard InChI is InChI=1S/C21H20N2O5S2/c1-23(2)21(25)29-17-11-8-15(9-12-17)22-20(24)19-13-10-16(28-19)14-30(26,27)18-6-4-3-5-7-18/h3-13H,14H2,1-2H3,(H,22,24). The third-order valence-electron chi connectivity index (χ3n) is 4.00. The van der Waals surface area contributed by atoms with Gasteiger partial charge in [-0.2, -0.15) is 0 Å². The van der Waals surface area contributed by atoms with Gasteiger partial charge in [0.05, 0.1) is 4.90 Å². The molecule has 0 fully saturated rings. The van der Waals surface area contributed by atoms with Gasteiger partial charge in [0.2, 0.25) is 0 Å². The van der Waals surface area contributed by atoms with E-state index in [0.717, 1.165) is 16.7 Å². The number of anilines is 1. The molecule has 0 saturated carbocycles. The fraction of sp³-hybridized carbons (Fsp3) is 0.143. The van der Waals surface area contributed by atoms with E-state index in [4.69, 9.17) is 4.42 Å². The highest BCUT2D eigenvalue weighted by molar-refractivity contribution is 8.13. The molecule has 0 bridgehead atoms. The molecule has 2 amide bonds. The molecule has 0 radical (unpaired) electrons. The van der Waals surface area contributed by atoms with Crippen molar-refractivity contribution in [1.82, 2.24) is 4.90 Å². The third-order valence-corrected chi connectivity index (χ3v) is 6.71. The number of hydrogen-bond donors (Lipinski definition) is 1. The SMILES string of the molecule is CN(C)C(=O)Sc1ccc(NC(=O)c2ccc(CS(=O)(=O)c3ccccc3)o2)cc1. The Morgan fingerprint density at radius 3 is 2.27 bits per heavy atom. The number of carbonyl (C=O) groups excluding carboxylic acids is 2. The predicted octanol–water partition coefficient (Wildman–Crippen LogP) is 4.28. The second kappa shape index (κ2) is 9.19. The monoisotopic (exact) mass is 444 g/mol. The van der Waals surface area contributed by atoms with Crippen LogP contribution in [0.25, 0.3) is 0 Å². The van der Waals surface area contributed by atoms with Crippen molar-refractivity contribution in [2.45, 2.75) is 15.5 Å². The summed E-state index contributed by atoms with van der Waals surface area (Å²) < 4.78 is 30.3. The first-order chi connectivity index (χ1) is 14.2. The zero-order valence-electron chi connectivity index (χ0n) is 16.4. The van der Waals surface area contributed by atoms with Crippen LogP contribution in [0.5, 0.6) is 0 Å². The van der Waals surface area contributed by atoms with Gasteiger partial charge in [-0.05, 0) is 60.3 Å². The molecule has 30 heavy (non-hydrogen) atoms. The van der Waals surface area contributed by atoms with Crippen LogP contribution in [-0.4, -0.2) is 38.6 Å². The molecule has 1 heterocycles. The molecule has 9 heteroatoms. The molecular formula is C21H20N2O5S2. The van der Waals surface area contributed by atoms with Crippen LogP contribution in [-0.2, 0) is 15.6 Å². The van der Waals surface area contributed by atoms with Crippen LogP contribution in [0.15, 0.2) is 80.9 Å². The first-order valence-electron chi connectivity index (χ1n) is 8.92. The maximum absolute atomic E-state index is 12.4. The summed E-state index contributed by atoms with van der Waals surface area (Å²) in [6, 6.07) is 17.8. The van der Waals surface area contributed by atoms with Crippen LogP contribution in [0.3, 0.4) is 0 Å². The molecular weight excluding hydrogens is 424 g/mol. The Balaban J connectivity index is 1.63. The Bertz CT molecular complexity index is 1140. The van der Waals surface area contributed by atoms with Gasteiger partial charge >= 0.3 is 0 Å². The van der Waals surface area contributed by atoms with Crippen molar-refractivity contribution >= 4 is 38.4 Å². The molecule has 0 aliphatic carbocycles. The molecule has 2 aromatic carbocycles. The number of nitrogens with one attached hydrogen (secondary N) is 1. The molecule has 3 aromatic rings. The number of rotatable bonds is 6. The Hall–Kier alpha value is -3.04. The van der Waals surface area contributed by atoms with E-state index in [0.29, 0.717) is 5.69 Å². The van der Waals surface area contributed by atoms with Crippen LogP contribution in [0, 0.1) is 0 Å². The summed E-state index contributed by atoms with van der Waals surface area (Å²) in [5, 5.41) is 2.59. The van der Waals surface area contributed by atoms with Gasteiger partial charge in [0.15, 0.2) is 15.6 Å². The summed E-state index contributed by atoms with van der Waals surface area (Å²) in [7, 11) is -0.218. The van der Waals surface area contributed by atoms with E-state index in [9.17, 15) is 18.0 Å². The van der Waals surface area contributed by atoms with Crippen molar-refractivity contribution in [3.8, 4) is 0 Å². The third kappa shape index (κ3) is 5.52. The summed E-state index contributed by atoms with van der Waals surface area (Å²) >= 11 is 1.08. The Morgan fingerprint density at radius 2 is 1.63 bits per heavy atom. The van der Waals surface area contributed by atoms with Crippen molar-refractivity contribution in [2.24, 2.45) is 0 Å². The van der Waals surface area contributed by atoms with Gasteiger partial charge in [-0.1, -0.05) is 18.2 Å². The van der Waals surface area contributed by atoms with Gasteiger partial charge in [0.1, 0.15) is 11.5 Å². The molecule has 0 aliphatic heterocycles. The minimum absolute atomic E-state index is 0.00880. The number of sulfone groups is 1. The topological polar surface area (TPSA) is 96.7 Å². The maximum atomic E-state index is 12.4. The average Bonchev–Trinajstić information content (AvgIpc) is 3.18. The van der Waals surface area contributed by atoms with E-state index in [2.05, 4.69) is 5.32 Å². The van der Waals surface area contributed by atoms with E-state index in [1.54, 1.807) is 56.6 Å². The lowest BCUT2D eigenvalue weighted by Crippen LogP contribution is -2.16. The zero-order valence-corrected chi connectivity index (χ0v) is 18.0. The van der Waals surface area contributed by atoms with Gasteiger partial charge < -0.3 is 14.6 Å². The van der Waals surface area contributed by atoms with Gasteiger partial charge in [-0.3, -0.25) is 9.59 Å². The number of nitrogens with zero attached hydrogens (tertiary/aromatic N) is 1. The molecule has 1 N–H and O–H groups in total. The minimum Gasteiger partial charge on any atom is -0.455 e. The number of carbonyl (C=O) groups is 2. The zero-order chi connectivity index (χ0) is 21.7. The first kappa shape index (κ1) is 21.7. The lowest BCUT2D eigenvalue weighted by atomic mass is 10.3. The van der Waals surface area contributed by atoms with Gasteiger partial charge in [-0.25, -0.2) is 8.42 Å². The fourth-order valence-corrected chi connectivity index (χ4v) is 4.39. The van der Waals surface area contributed by atoms with E-state index >= 15 is 0 Å². The normalized spacial score (nSPS) is 11.1. The lowest BCUT2D eigenvalue weighted by molar-refractivity contribution is 0.0995. The van der Waals surface area contributed by atoms with E-state index in [-0.39, 0.29) is 27.4 Å². The minimum atomic E-state index is -3.56. The highest BCUT2D eigenvalue weighted by atomic mass is 32.2. The van der Waals surface area contributed by atoms with Crippen molar-refractivity contribution in [1.29, 1.82) is 0 Å². The number of benzene rings is 2. The summed E-state index contributed by atoms with van der Waals surface area (Å²) in [5.41, 5.74) is 0.525. The second-order valence-corrected chi connectivity index (χ2v) is 9.59. The van der Waals surface area contributed by atoms with Gasteiger partial charge in [0, 0.05) is 24.7 Å². The number of hydrogen-bond acceptors (Lipinski definition) is 6. The van der Waals surface area contributed by atoms with Crippen LogP contribution in [0.1, 0.15) is 16.3 Å². The molecule has 0 saturated heterocycles. The molecule has 156 valence electrons. The van der Waals surface area contributed by atoms with Crippen LogP contribution >= 0.6 is 11.8 Å². The highest BCUT2D eigenvalue weighted by Gasteiger charge is 2.19.